The molecule has 0 saturated heterocycles. The minimum atomic E-state index is 0.897. The molecule has 84 valence electrons. The lowest BCUT2D eigenvalue weighted by Gasteiger charge is -2.06. The summed E-state index contributed by atoms with van der Waals surface area (Å²) in [6.45, 7) is 0. The fourth-order valence-corrected chi connectivity index (χ4v) is 2.13. The Morgan fingerprint density at radius 3 is 2.72 bits per heavy atom. The first-order valence-electron chi connectivity index (χ1n) is 5.79. The maximum Gasteiger partial charge on any atom is 0.0708 e. The van der Waals surface area contributed by atoms with Gasteiger partial charge in [0, 0.05) is 17.1 Å². The van der Waals surface area contributed by atoms with Gasteiger partial charge in [-0.2, -0.15) is 0 Å². The van der Waals surface area contributed by atoms with Crippen molar-refractivity contribution in [3.05, 3.63) is 66.4 Å². The van der Waals surface area contributed by atoms with Gasteiger partial charge >= 0.3 is 0 Å². The van der Waals surface area contributed by atoms with Crippen LogP contribution in [-0.2, 0) is 0 Å². The smallest absolute Gasteiger partial charge is 0.0708 e. The number of pyridine rings is 1. The topological polar surface area (TPSA) is 12.9 Å². The summed E-state index contributed by atoms with van der Waals surface area (Å²) in [5, 5.41) is 1.15. The molecule has 0 saturated carbocycles. The predicted molar refractivity (Wildman–Crippen MR) is 75.1 cm³/mol. The van der Waals surface area contributed by atoms with E-state index in [2.05, 4.69) is 29.1 Å². The normalized spacial score (nSPS) is 10.2. The third-order valence-corrected chi connectivity index (χ3v) is 2.99. The SMILES string of the molecule is C#Cc1cccc(-c2cccc3ncccc23)c1. The first-order chi connectivity index (χ1) is 8.88. The molecule has 0 atom stereocenters. The number of fused-ring (bicyclic) bond motifs is 1. The van der Waals surface area contributed by atoms with Crippen molar-refractivity contribution in [2.24, 2.45) is 0 Å². The van der Waals surface area contributed by atoms with Crippen LogP contribution in [-0.4, -0.2) is 4.98 Å². The second kappa shape index (κ2) is 4.35. The lowest BCUT2D eigenvalue weighted by molar-refractivity contribution is 1.41. The highest BCUT2D eigenvalue weighted by Crippen LogP contribution is 2.27. The number of hydrogen-bond donors (Lipinski definition) is 0. The van der Waals surface area contributed by atoms with Gasteiger partial charge in [-0.05, 0) is 35.4 Å². The number of hydrogen-bond acceptors (Lipinski definition) is 1. The maximum atomic E-state index is 5.45. The molecule has 1 heteroatoms. The van der Waals surface area contributed by atoms with E-state index in [9.17, 15) is 0 Å². The average molecular weight is 229 g/mol. The standard InChI is InChI=1S/C17H11N/c1-2-13-6-3-7-14(12-13)15-8-4-10-17-16(15)9-5-11-18-17/h1,3-12H. The zero-order chi connectivity index (χ0) is 12.4. The van der Waals surface area contributed by atoms with Gasteiger partial charge in [0.1, 0.15) is 0 Å². The third-order valence-electron chi connectivity index (χ3n) is 2.99. The number of benzene rings is 2. The molecule has 0 aliphatic rings. The Morgan fingerprint density at radius 1 is 0.944 bits per heavy atom. The van der Waals surface area contributed by atoms with E-state index in [1.165, 1.54) is 0 Å². The molecule has 18 heavy (non-hydrogen) atoms. The van der Waals surface area contributed by atoms with Crippen molar-refractivity contribution < 1.29 is 0 Å². The van der Waals surface area contributed by atoms with Crippen LogP contribution in [0, 0.1) is 12.3 Å². The zero-order valence-corrected chi connectivity index (χ0v) is 9.80. The van der Waals surface area contributed by atoms with E-state index in [4.69, 9.17) is 6.42 Å². The highest BCUT2D eigenvalue weighted by atomic mass is 14.6. The van der Waals surface area contributed by atoms with E-state index in [1.54, 1.807) is 0 Å². The zero-order valence-electron chi connectivity index (χ0n) is 9.80. The molecule has 0 aliphatic heterocycles. The molecule has 1 nitrogen and oxygen atoms in total. The van der Waals surface area contributed by atoms with Gasteiger partial charge in [0.2, 0.25) is 0 Å². The van der Waals surface area contributed by atoms with Crippen molar-refractivity contribution >= 4 is 10.9 Å². The average Bonchev–Trinajstić information content (AvgIpc) is 2.47. The van der Waals surface area contributed by atoms with Crippen molar-refractivity contribution in [2.75, 3.05) is 0 Å². The van der Waals surface area contributed by atoms with Gasteiger partial charge in [-0.15, -0.1) is 6.42 Å². The van der Waals surface area contributed by atoms with E-state index in [1.807, 2.05) is 42.6 Å². The van der Waals surface area contributed by atoms with Gasteiger partial charge in [0.25, 0.3) is 0 Å². The van der Waals surface area contributed by atoms with Gasteiger partial charge in [0.15, 0.2) is 0 Å². The molecule has 1 heterocycles. The highest BCUT2D eigenvalue weighted by molar-refractivity contribution is 5.94. The Morgan fingerprint density at radius 2 is 1.83 bits per heavy atom. The summed E-state index contributed by atoms with van der Waals surface area (Å²) in [5.41, 5.74) is 4.19. The van der Waals surface area contributed by atoms with Crippen LogP contribution in [0.2, 0.25) is 0 Å². The van der Waals surface area contributed by atoms with Crippen LogP contribution in [0.1, 0.15) is 5.56 Å². The second-order valence-electron chi connectivity index (χ2n) is 4.10. The molecule has 0 aliphatic carbocycles. The number of aromatic nitrogens is 1. The van der Waals surface area contributed by atoms with Gasteiger partial charge in [-0.1, -0.05) is 36.3 Å². The number of rotatable bonds is 1. The van der Waals surface area contributed by atoms with Crippen LogP contribution in [0.15, 0.2) is 60.8 Å². The lowest BCUT2D eigenvalue weighted by Crippen LogP contribution is -1.84. The van der Waals surface area contributed by atoms with Crippen LogP contribution in [0.5, 0.6) is 0 Å². The van der Waals surface area contributed by atoms with Crippen molar-refractivity contribution in [3.8, 4) is 23.5 Å². The van der Waals surface area contributed by atoms with Crippen molar-refractivity contribution in [1.29, 1.82) is 0 Å². The van der Waals surface area contributed by atoms with E-state index >= 15 is 0 Å². The molecule has 3 aromatic rings. The van der Waals surface area contributed by atoms with Crippen molar-refractivity contribution in [1.82, 2.24) is 4.98 Å². The molecule has 0 amide bonds. The summed E-state index contributed by atoms with van der Waals surface area (Å²) in [7, 11) is 0. The molecule has 0 spiro atoms. The lowest BCUT2D eigenvalue weighted by atomic mass is 9.99. The molecule has 0 fully saturated rings. The fourth-order valence-electron chi connectivity index (χ4n) is 2.13. The summed E-state index contributed by atoms with van der Waals surface area (Å²) in [5.74, 6) is 2.67. The quantitative estimate of drug-likeness (QED) is 0.577. The summed E-state index contributed by atoms with van der Waals surface area (Å²) >= 11 is 0. The summed E-state index contributed by atoms with van der Waals surface area (Å²) in [6, 6.07) is 18.2. The third kappa shape index (κ3) is 1.74. The van der Waals surface area contributed by atoms with E-state index in [-0.39, 0.29) is 0 Å². The minimum absolute atomic E-state index is 0.897. The molecule has 0 unspecified atom stereocenters. The summed E-state index contributed by atoms with van der Waals surface area (Å²) in [4.78, 5) is 4.37. The first kappa shape index (κ1) is 10.6. The minimum Gasteiger partial charge on any atom is -0.256 e. The van der Waals surface area contributed by atoms with Crippen LogP contribution >= 0.6 is 0 Å². The Labute approximate surface area is 106 Å². The van der Waals surface area contributed by atoms with Gasteiger partial charge in [0.05, 0.1) is 5.52 Å². The molecule has 0 N–H and O–H groups in total. The van der Waals surface area contributed by atoms with Gasteiger partial charge in [-0.25, -0.2) is 0 Å². The largest absolute Gasteiger partial charge is 0.256 e. The van der Waals surface area contributed by atoms with Gasteiger partial charge < -0.3 is 0 Å². The van der Waals surface area contributed by atoms with E-state index in [0.29, 0.717) is 0 Å². The summed E-state index contributed by atoms with van der Waals surface area (Å²) < 4.78 is 0. The van der Waals surface area contributed by atoms with Crippen LogP contribution in [0.25, 0.3) is 22.0 Å². The van der Waals surface area contributed by atoms with Gasteiger partial charge in [-0.3, -0.25) is 4.98 Å². The van der Waals surface area contributed by atoms with Crippen LogP contribution in [0.4, 0.5) is 0 Å². The molecular weight excluding hydrogens is 218 g/mol. The summed E-state index contributed by atoms with van der Waals surface area (Å²) in [6.07, 6.45) is 7.26. The molecule has 1 aromatic heterocycles. The number of terminal acetylenes is 1. The number of nitrogens with zero attached hydrogens (tertiary/aromatic N) is 1. The van der Waals surface area contributed by atoms with Crippen molar-refractivity contribution in [3.63, 3.8) is 0 Å². The maximum absolute atomic E-state index is 5.45. The second-order valence-corrected chi connectivity index (χ2v) is 4.10. The monoisotopic (exact) mass is 229 g/mol. The predicted octanol–water partition coefficient (Wildman–Crippen LogP) is 3.88. The van der Waals surface area contributed by atoms with E-state index < -0.39 is 0 Å². The Hall–Kier alpha value is -2.59. The Bertz CT molecular complexity index is 745. The highest BCUT2D eigenvalue weighted by Gasteiger charge is 2.03. The molecule has 3 rings (SSSR count). The molecular formula is C17H11N. The van der Waals surface area contributed by atoms with Crippen molar-refractivity contribution in [2.45, 2.75) is 0 Å². The van der Waals surface area contributed by atoms with Crippen LogP contribution in [0.3, 0.4) is 0 Å². The molecule has 2 aromatic carbocycles. The Balaban J connectivity index is 2.28. The molecule has 0 bridgehead atoms. The first-order valence-corrected chi connectivity index (χ1v) is 5.79. The van der Waals surface area contributed by atoms with Crippen LogP contribution < -0.4 is 0 Å². The van der Waals surface area contributed by atoms with E-state index in [0.717, 1.165) is 27.6 Å². The molecule has 0 radical (unpaired) electrons. The fraction of sp³-hybridized carbons (Fsp3) is 0. The Kier molecular flexibility index (Phi) is 2.55.